The third-order valence-electron chi connectivity index (χ3n) is 4.72. The number of unbranched alkanes of at least 4 members (excludes halogenated alkanes) is 11. The molecule has 0 rings (SSSR count). The molecule has 0 aromatic rings. The van der Waals surface area contributed by atoms with Gasteiger partial charge in [-0.25, -0.2) is 0 Å². The Labute approximate surface area is 163 Å². The number of likely N-dealkylation sites (N-methyl/N-ethyl adjacent to an activating group) is 1. The third kappa shape index (κ3) is 21.4. The summed E-state index contributed by atoms with van der Waals surface area (Å²) < 4.78 is 5.67. The van der Waals surface area contributed by atoms with Gasteiger partial charge in [0.2, 0.25) is 5.91 Å². The Kier molecular flexibility index (Phi) is 20.2. The van der Waals surface area contributed by atoms with Crippen molar-refractivity contribution >= 4 is 5.91 Å². The van der Waals surface area contributed by atoms with Crippen molar-refractivity contribution in [3.63, 3.8) is 0 Å². The molecule has 26 heavy (non-hydrogen) atoms. The van der Waals surface area contributed by atoms with E-state index in [1.54, 1.807) is 0 Å². The molecule has 0 heterocycles. The highest BCUT2D eigenvalue weighted by molar-refractivity contribution is 5.75. The predicted octanol–water partition coefficient (Wildman–Crippen LogP) is 5.16. The van der Waals surface area contributed by atoms with Crippen LogP contribution in [0.1, 0.15) is 96.8 Å². The minimum atomic E-state index is 0.164. The first kappa shape index (κ1) is 25.4. The van der Waals surface area contributed by atoms with E-state index in [4.69, 9.17) is 4.74 Å². The molecule has 0 atom stereocenters. The van der Waals surface area contributed by atoms with Gasteiger partial charge in [-0.1, -0.05) is 71.1 Å². The lowest BCUT2D eigenvalue weighted by atomic mass is 10.1. The number of carbonyl (C=O) groups is 1. The second-order valence-corrected chi connectivity index (χ2v) is 7.76. The minimum absolute atomic E-state index is 0.164. The third-order valence-corrected chi connectivity index (χ3v) is 4.72. The van der Waals surface area contributed by atoms with Crippen molar-refractivity contribution in [2.24, 2.45) is 0 Å². The number of amides is 1. The Hall–Kier alpha value is -0.610. The maximum atomic E-state index is 11.6. The first-order valence-corrected chi connectivity index (χ1v) is 11.2. The normalized spacial score (nSPS) is 11.2. The van der Waals surface area contributed by atoms with Gasteiger partial charge in [0, 0.05) is 32.7 Å². The SMILES string of the molecule is CCCCCCCCCCCCCOCCCCC(=O)NCCN(C)C. The summed E-state index contributed by atoms with van der Waals surface area (Å²) in [5, 5.41) is 2.94. The van der Waals surface area contributed by atoms with Crippen LogP contribution in [0.4, 0.5) is 0 Å². The van der Waals surface area contributed by atoms with Crippen LogP contribution in [-0.2, 0) is 9.53 Å². The van der Waals surface area contributed by atoms with E-state index in [2.05, 4.69) is 17.1 Å². The van der Waals surface area contributed by atoms with Crippen molar-refractivity contribution < 1.29 is 9.53 Å². The minimum Gasteiger partial charge on any atom is -0.381 e. The lowest BCUT2D eigenvalue weighted by molar-refractivity contribution is -0.121. The summed E-state index contributed by atoms with van der Waals surface area (Å²) in [6, 6.07) is 0. The van der Waals surface area contributed by atoms with Crippen molar-refractivity contribution in [2.75, 3.05) is 40.4 Å². The van der Waals surface area contributed by atoms with E-state index >= 15 is 0 Å². The number of ether oxygens (including phenoxy) is 1. The Morgan fingerprint density at radius 2 is 1.27 bits per heavy atom. The fourth-order valence-corrected chi connectivity index (χ4v) is 2.97. The van der Waals surface area contributed by atoms with Crippen molar-refractivity contribution in [3.05, 3.63) is 0 Å². The molecular weight excluding hydrogens is 324 g/mol. The zero-order valence-corrected chi connectivity index (χ0v) is 18.0. The van der Waals surface area contributed by atoms with Crippen LogP contribution in [0, 0.1) is 0 Å². The van der Waals surface area contributed by atoms with E-state index < -0.39 is 0 Å². The molecule has 0 aliphatic carbocycles. The number of rotatable bonds is 20. The van der Waals surface area contributed by atoms with Crippen LogP contribution in [0.2, 0.25) is 0 Å². The molecular formula is C22H46N2O2. The highest BCUT2D eigenvalue weighted by Crippen LogP contribution is 2.11. The van der Waals surface area contributed by atoms with Crippen molar-refractivity contribution in [1.82, 2.24) is 10.2 Å². The molecule has 0 bridgehead atoms. The highest BCUT2D eigenvalue weighted by Gasteiger charge is 2.01. The van der Waals surface area contributed by atoms with Crippen molar-refractivity contribution in [3.8, 4) is 0 Å². The number of hydrogen-bond acceptors (Lipinski definition) is 3. The van der Waals surface area contributed by atoms with Crippen LogP contribution >= 0.6 is 0 Å². The summed E-state index contributed by atoms with van der Waals surface area (Å²) >= 11 is 0. The molecule has 0 aromatic heterocycles. The van der Waals surface area contributed by atoms with Crippen LogP contribution in [-0.4, -0.2) is 51.2 Å². The molecule has 0 saturated heterocycles. The first-order chi connectivity index (χ1) is 12.7. The molecule has 0 radical (unpaired) electrons. The van der Waals surface area contributed by atoms with Crippen LogP contribution in [0.5, 0.6) is 0 Å². The lowest BCUT2D eigenvalue weighted by Crippen LogP contribution is -2.31. The first-order valence-electron chi connectivity index (χ1n) is 11.2. The van der Waals surface area contributed by atoms with Gasteiger partial charge in [-0.3, -0.25) is 4.79 Å². The van der Waals surface area contributed by atoms with Gasteiger partial charge in [-0.05, 0) is 33.4 Å². The monoisotopic (exact) mass is 370 g/mol. The van der Waals surface area contributed by atoms with Crippen LogP contribution < -0.4 is 5.32 Å². The molecule has 4 heteroatoms. The summed E-state index contributed by atoms with van der Waals surface area (Å²) in [6.45, 7) is 5.58. The molecule has 0 spiro atoms. The van der Waals surface area contributed by atoms with E-state index in [9.17, 15) is 4.79 Å². The molecule has 1 N–H and O–H groups in total. The van der Waals surface area contributed by atoms with Crippen LogP contribution in [0.25, 0.3) is 0 Å². The number of nitrogens with zero attached hydrogens (tertiary/aromatic N) is 1. The molecule has 0 unspecified atom stereocenters. The predicted molar refractivity (Wildman–Crippen MR) is 113 cm³/mol. The Morgan fingerprint density at radius 3 is 1.81 bits per heavy atom. The van der Waals surface area contributed by atoms with Gasteiger partial charge >= 0.3 is 0 Å². The Bertz CT molecular complexity index is 296. The fourth-order valence-electron chi connectivity index (χ4n) is 2.97. The summed E-state index contributed by atoms with van der Waals surface area (Å²) in [6.07, 6.45) is 17.6. The summed E-state index contributed by atoms with van der Waals surface area (Å²) in [5.74, 6) is 0.164. The molecule has 156 valence electrons. The number of nitrogens with one attached hydrogen (secondary N) is 1. The molecule has 0 saturated carbocycles. The van der Waals surface area contributed by atoms with E-state index in [0.29, 0.717) is 6.42 Å². The van der Waals surface area contributed by atoms with Gasteiger partial charge in [0.1, 0.15) is 0 Å². The Morgan fingerprint density at radius 1 is 0.769 bits per heavy atom. The van der Waals surface area contributed by atoms with E-state index in [1.807, 2.05) is 14.1 Å². The van der Waals surface area contributed by atoms with Crippen LogP contribution in [0.3, 0.4) is 0 Å². The number of hydrogen-bond donors (Lipinski definition) is 1. The average molecular weight is 371 g/mol. The summed E-state index contributed by atoms with van der Waals surface area (Å²) in [4.78, 5) is 13.7. The second kappa shape index (κ2) is 20.7. The standard InChI is InChI=1S/C22H46N2O2/c1-4-5-6-7-8-9-10-11-12-13-15-20-26-21-16-14-17-22(25)23-18-19-24(2)3/h4-21H2,1-3H3,(H,23,25). The van der Waals surface area contributed by atoms with Gasteiger partial charge < -0.3 is 15.0 Å². The largest absolute Gasteiger partial charge is 0.381 e. The summed E-state index contributed by atoms with van der Waals surface area (Å²) in [7, 11) is 4.03. The number of carbonyl (C=O) groups excluding carboxylic acids is 1. The van der Waals surface area contributed by atoms with E-state index in [0.717, 1.165) is 39.1 Å². The van der Waals surface area contributed by atoms with Crippen LogP contribution in [0.15, 0.2) is 0 Å². The van der Waals surface area contributed by atoms with Gasteiger partial charge in [0.25, 0.3) is 0 Å². The molecule has 0 fully saturated rings. The van der Waals surface area contributed by atoms with Gasteiger partial charge in [0.05, 0.1) is 0 Å². The zero-order chi connectivity index (χ0) is 19.3. The van der Waals surface area contributed by atoms with E-state index in [1.165, 1.54) is 70.6 Å². The highest BCUT2D eigenvalue weighted by atomic mass is 16.5. The summed E-state index contributed by atoms with van der Waals surface area (Å²) in [5.41, 5.74) is 0. The van der Waals surface area contributed by atoms with Gasteiger partial charge in [-0.15, -0.1) is 0 Å². The maximum Gasteiger partial charge on any atom is 0.220 e. The quantitative estimate of drug-likeness (QED) is 0.301. The molecule has 0 aliphatic heterocycles. The second-order valence-electron chi connectivity index (χ2n) is 7.76. The fraction of sp³-hybridized carbons (Fsp3) is 0.955. The Balaban J connectivity index is 3.10. The van der Waals surface area contributed by atoms with Crippen molar-refractivity contribution in [1.29, 1.82) is 0 Å². The smallest absolute Gasteiger partial charge is 0.220 e. The topological polar surface area (TPSA) is 41.6 Å². The molecule has 0 aromatic carbocycles. The van der Waals surface area contributed by atoms with Crippen molar-refractivity contribution in [2.45, 2.75) is 96.8 Å². The molecule has 4 nitrogen and oxygen atoms in total. The van der Waals surface area contributed by atoms with Gasteiger partial charge in [-0.2, -0.15) is 0 Å². The van der Waals surface area contributed by atoms with Gasteiger partial charge in [0.15, 0.2) is 0 Å². The lowest BCUT2D eigenvalue weighted by Gasteiger charge is -2.10. The van der Waals surface area contributed by atoms with E-state index in [-0.39, 0.29) is 5.91 Å². The maximum absolute atomic E-state index is 11.6. The molecule has 0 aliphatic rings. The average Bonchev–Trinajstić information content (AvgIpc) is 2.61. The zero-order valence-electron chi connectivity index (χ0n) is 18.0. The molecule has 1 amide bonds.